The Bertz CT molecular complexity index is 470. The van der Waals surface area contributed by atoms with Crippen molar-refractivity contribution in [1.82, 2.24) is 19.6 Å². The molecule has 1 amide bonds. The lowest BCUT2D eigenvalue weighted by atomic mass is 10.1. The molecule has 0 N–H and O–H groups in total. The largest absolute Gasteiger partial charge is 0.375 e. The third kappa shape index (κ3) is 3.19. The van der Waals surface area contributed by atoms with Crippen LogP contribution in [0.15, 0.2) is 6.07 Å². The molecule has 1 unspecified atom stereocenters. The van der Waals surface area contributed by atoms with E-state index in [0.29, 0.717) is 0 Å². The van der Waals surface area contributed by atoms with Crippen molar-refractivity contribution in [2.75, 3.05) is 34.4 Å². The molecule has 6 nitrogen and oxygen atoms in total. The Hall–Kier alpha value is -1.40. The zero-order valence-corrected chi connectivity index (χ0v) is 12.8. The van der Waals surface area contributed by atoms with E-state index in [1.54, 1.807) is 7.11 Å². The average molecular weight is 280 g/mol. The SMILES string of the molecule is COCC(=O)N1CCCC1c1cc(CN(C)C)n(C)n1. The predicted molar refractivity (Wildman–Crippen MR) is 76.2 cm³/mol. The van der Waals surface area contributed by atoms with Gasteiger partial charge in [-0.15, -0.1) is 0 Å². The third-order valence-corrected chi connectivity index (χ3v) is 3.66. The van der Waals surface area contributed by atoms with Gasteiger partial charge in [-0.2, -0.15) is 5.10 Å². The van der Waals surface area contributed by atoms with Crippen LogP contribution in [-0.2, 0) is 23.1 Å². The first-order valence-corrected chi connectivity index (χ1v) is 6.99. The molecule has 1 saturated heterocycles. The van der Waals surface area contributed by atoms with Crippen LogP contribution < -0.4 is 0 Å². The molecule has 1 fully saturated rings. The van der Waals surface area contributed by atoms with Gasteiger partial charge in [-0.1, -0.05) is 0 Å². The smallest absolute Gasteiger partial charge is 0.249 e. The molecule has 0 bridgehead atoms. The summed E-state index contributed by atoms with van der Waals surface area (Å²) in [6.45, 7) is 1.79. The Labute approximate surface area is 120 Å². The summed E-state index contributed by atoms with van der Waals surface area (Å²) in [5.74, 6) is 0.0508. The van der Waals surface area contributed by atoms with Gasteiger partial charge in [0.1, 0.15) is 6.61 Å². The molecule has 1 aromatic heterocycles. The zero-order chi connectivity index (χ0) is 14.7. The van der Waals surface area contributed by atoms with Gasteiger partial charge in [0.25, 0.3) is 0 Å². The van der Waals surface area contributed by atoms with Crippen molar-refractivity contribution < 1.29 is 9.53 Å². The minimum absolute atomic E-state index is 0.0508. The molecule has 0 aromatic carbocycles. The van der Waals surface area contributed by atoms with Crippen molar-refractivity contribution in [3.8, 4) is 0 Å². The normalized spacial score (nSPS) is 19.1. The van der Waals surface area contributed by atoms with Crippen molar-refractivity contribution in [3.63, 3.8) is 0 Å². The molecule has 0 aliphatic carbocycles. The number of hydrogen-bond donors (Lipinski definition) is 0. The minimum Gasteiger partial charge on any atom is -0.375 e. The van der Waals surface area contributed by atoms with Crippen LogP contribution in [0.2, 0.25) is 0 Å². The number of carbonyl (C=O) groups excluding carboxylic acids is 1. The molecular weight excluding hydrogens is 256 g/mol. The van der Waals surface area contributed by atoms with Gasteiger partial charge in [-0.3, -0.25) is 9.48 Å². The highest BCUT2D eigenvalue weighted by molar-refractivity contribution is 5.78. The number of aryl methyl sites for hydroxylation is 1. The van der Waals surface area contributed by atoms with Crippen LogP contribution in [0.5, 0.6) is 0 Å². The lowest BCUT2D eigenvalue weighted by Gasteiger charge is -2.22. The van der Waals surface area contributed by atoms with Crippen molar-refractivity contribution in [2.45, 2.75) is 25.4 Å². The number of aromatic nitrogens is 2. The van der Waals surface area contributed by atoms with Gasteiger partial charge in [0.2, 0.25) is 5.91 Å². The fourth-order valence-corrected chi connectivity index (χ4v) is 2.74. The van der Waals surface area contributed by atoms with Gasteiger partial charge in [-0.05, 0) is 33.0 Å². The summed E-state index contributed by atoms with van der Waals surface area (Å²) in [6, 6.07) is 2.21. The predicted octanol–water partition coefficient (Wildman–Crippen LogP) is 0.792. The molecule has 20 heavy (non-hydrogen) atoms. The molecular formula is C14H24N4O2. The van der Waals surface area contributed by atoms with E-state index in [-0.39, 0.29) is 18.6 Å². The fourth-order valence-electron chi connectivity index (χ4n) is 2.74. The number of carbonyl (C=O) groups is 1. The van der Waals surface area contributed by atoms with Crippen LogP contribution in [0.4, 0.5) is 0 Å². The maximum Gasteiger partial charge on any atom is 0.249 e. The summed E-state index contributed by atoms with van der Waals surface area (Å²) in [7, 11) is 7.59. The first-order valence-electron chi connectivity index (χ1n) is 6.99. The highest BCUT2D eigenvalue weighted by Gasteiger charge is 2.31. The molecule has 0 radical (unpaired) electrons. The molecule has 1 aliphatic heterocycles. The fraction of sp³-hybridized carbons (Fsp3) is 0.714. The standard InChI is InChI=1S/C14H24N4O2/c1-16(2)9-11-8-12(15-17(11)3)13-6-5-7-18(13)14(19)10-20-4/h8,13H,5-7,9-10H2,1-4H3. The van der Waals surface area contributed by atoms with Crippen LogP contribution in [0.25, 0.3) is 0 Å². The Morgan fingerprint density at radius 1 is 1.55 bits per heavy atom. The maximum atomic E-state index is 12.1. The number of ether oxygens (including phenoxy) is 1. The van der Waals surface area contributed by atoms with Crippen LogP contribution >= 0.6 is 0 Å². The molecule has 1 aromatic rings. The number of nitrogens with zero attached hydrogens (tertiary/aromatic N) is 4. The van der Waals surface area contributed by atoms with Crippen LogP contribution in [0.3, 0.4) is 0 Å². The zero-order valence-electron chi connectivity index (χ0n) is 12.8. The molecule has 6 heteroatoms. The van der Waals surface area contributed by atoms with Crippen molar-refractivity contribution in [1.29, 1.82) is 0 Å². The second-order valence-corrected chi connectivity index (χ2v) is 5.60. The molecule has 0 saturated carbocycles. The monoisotopic (exact) mass is 280 g/mol. The lowest BCUT2D eigenvalue weighted by molar-refractivity contribution is -0.136. The van der Waals surface area contributed by atoms with E-state index in [1.165, 1.54) is 0 Å². The first kappa shape index (κ1) is 15.0. The first-order chi connectivity index (χ1) is 9.52. The second-order valence-electron chi connectivity index (χ2n) is 5.60. The van der Waals surface area contributed by atoms with Crippen molar-refractivity contribution in [2.24, 2.45) is 7.05 Å². The summed E-state index contributed by atoms with van der Waals surface area (Å²) in [6.07, 6.45) is 2.01. The molecule has 0 spiro atoms. The Morgan fingerprint density at radius 3 is 2.95 bits per heavy atom. The third-order valence-electron chi connectivity index (χ3n) is 3.66. The number of amides is 1. The minimum atomic E-state index is 0.0508. The molecule has 2 heterocycles. The van der Waals surface area contributed by atoms with E-state index in [9.17, 15) is 4.79 Å². The van der Waals surface area contributed by atoms with Gasteiger partial charge in [-0.25, -0.2) is 0 Å². The summed E-state index contributed by atoms with van der Waals surface area (Å²) in [5.41, 5.74) is 2.15. The maximum absolute atomic E-state index is 12.1. The van der Waals surface area contributed by atoms with Gasteiger partial charge in [0.15, 0.2) is 0 Å². The second kappa shape index (κ2) is 6.37. The number of methoxy groups -OCH3 is 1. The Kier molecular flexibility index (Phi) is 4.77. The van der Waals surface area contributed by atoms with Crippen LogP contribution in [-0.4, -0.2) is 59.8 Å². The van der Waals surface area contributed by atoms with Gasteiger partial charge < -0.3 is 14.5 Å². The molecule has 112 valence electrons. The Balaban J connectivity index is 2.15. The summed E-state index contributed by atoms with van der Waals surface area (Å²) in [4.78, 5) is 16.1. The summed E-state index contributed by atoms with van der Waals surface area (Å²) >= 11 is 0. The topological polar surface area (TPSA) is 50.6 Å². The van der Waals surface area contributed by atoms with E-state index in [1.807, 2.05) is 30.7 Å². The van der Waals surface area contributed by atoms with Crippen molar-refractivity contribution in [3.05, 3.63) is 17.5 Å². The van der Waals surface area contributed by atoms with Gasteiger partial charge >= 0.3 is 0 Å². The van der Waals surface area contributed by atoms with Crippen LogP contribution in [0.1, 0.15) is 30.3 Å². The molecule has 1 aliphatic rings. The lowest BCUT2D eigenvalue weighted by Crippen LogP contribution is -2.33. The summed E-state index contributed by atoms with van der Waals surface area (Å²) in [5, 5.41) is 4.59. The quantitative estimate of drug-likeness (QED) is 0.800. The van der Waals surface area contributed by atoms with Crippen LogP contribution in [0, 0.1) is 0 Å². The number of hydrogen-bond acceptors (Lipinski definition) is 4. The number of rotatable bonds is 5. The van der Waals surface area contributed by atoms with E-state index in [2.05, 4.69) is 16.1 Å². The number of likely N-dealkylation sites (tertiary alicyclic amines) is 1. The van der Waals surface area contributed by atoms with E-state index in [4.69, 9.17) is 4.74 Å². The van der Waals surface area contributed by atoms with Gasteiger partial charge in [0.05, 0.1) is 17.4 Å². The van der Waals surface area contributed by atoms with E-state index < -0.39 is 0 Å². The van der Waals surface area contributed by atoms with E-state index >= 15 is 0 Å². The van der Waals surface area contributed by atoms with E-state index in [0.717, 1.165) is 37.3 Å². The highest BCUT2D eigenvalue weighted by atomic mass is 16.5. The average Bonchev–Trinajstić information content (AvgIpc) is 2.96. The summed E-state index contributed by atoms with van der Waals surface area (Å²) < 4.78 is 6.87. The van der Waals surface area contributed by atoms with Gasteiger partial charge in [0, 0.05) is 27.2 Å². The highest BCUT2D eigenvalue weighted by Crippen LogP contribution is 2.31. The Morgan fingerprint density at radius 2 is 2.30 bits per heavy atom. The van der Waals surface area contributed by atoms with Crippen molar-refractivity contribution >= 4 is 5.91 Å². The molecule has 2 rings (SSSR count). The molecule has 1 atom stereocenters.